The predicted molar refractivity (Wildman–Crippen MR) is 146 cm³/mol. The van der Waals surface area contributed by atoms with E-state index in [-0.39, 0.29) is 23.7 Å². The molecule has 9 heteroatoms. The van der Waals surface area contributed by atoms with Gasteiger partial charge in [0.1, 0.15) is 16.5 Å². The Morgan fingerprint density at radius 3 is 2.73 bits per heavy atom. The number of amides is 2. The first-order chi connectivity index (χ1) is 17.9. The van der Waals surface area contributed by atoms with Gasteiger partial charge >= 0.3 is 0 Å². The molecule has 1 saturated carbocycles. The molecule has 186 valence electrons. The van der Waals surface area contributed by atoms with Crippen molar-refractivity contribution in [2.45, 2.75) is 32.1 Å². The Bertz CT molecular complexity index is 1540. The van der Waals surface area contributed by atoms with Gasteiger partial charge in [-0.2, -0.15) is 5.26 Å². The quantitative estimate of drug-likeness (QED) is 0.247. The standard InChI is InChI=1S/C28H23ClN4O3S/c1-2-16(15-30)18-5-3-6-19(13-18)27(35)31-20-7-4-8-21(14-20)36-23-12-11-22-25(24(23)29)37-28(32-22)33-26(34)17-9-10-17/h3-8,11-14,16-17H,2,9-10H2,1H3,(H,31,35)(H,32,33,34). The van der Waals surface area contributed by atoms with Crippen molar-refractivity contribution < 1.29 is 14.3 Å². The van der Waals surface area contributed by atoms with Crippen molar-refractivity contribution in [3.05, 3.63) is 76.8 Å². The van der Waals surface area contributed by atoms with Gasteiger partial charge in [0, 0.05) is 23.2 Å². The third kappa shape index (κ3) is 5.58. The van der Waals surface area contributed by atoms with Crippen molar-refractivity contribution in [3.8, 4) is 17.6 Å². The van der Waals surface area contributed by atoms with E-state index in [2.05, 4.69) is 21.7 Å². The highest BCUT2D eigenvalue weighted by atomic mass is 35.5. The number of carbonyl (C=O) groups is 2. The van der Waals surface area contributed by atoms with Gasteiger partial charge in [-0.25, -0.2) is 4.98 Å². The molecular formula is C28H23ClN4O3S. The molecule has 2 N–H and O–H groups in total. The molecule has 5 rings (SSSR count). The maximum absolute atomic E-state index is 12.9. The van der Waals surface area contributed by atoms with Crippen molar-refractivity contribution in [1.82, 2.24) is 4.98 Å². The second-order valence-electron chi connectivity index (χ2n) is 8.81. The summed E-state index contributed by atoms with van der Waals surface area (Å²) in [4.78, 5) is 29.4. The number of thiazole rings is 1. The van der Waals surface area contributed by atoms with Gasteiger partial charge in [-0.3, -0.25) is 9.59 Å². The average Bonchev–Trinajstić information content (AvgIpc) is 3.67. The fraction of sp³-hybridized carbons (Fsp3) is 0.214. The Morgan fingerprint density at radius 1 is 1.16 bits per heavy atom. The summed E-state index contributed by atoms with van der Waals surface area (Å²) < 4.78 is 6.76. The number of hydrogen-bond donors (Lipinski definition) is 2. The van der Waals surface area contributed by atoms with E-state index in [4.69, 9.17) is 16.3 Å². The molecule has 7 nitrogen and oxygen atoms in total. The molecular weight excluding hydrogens is 508 g/mol. The molecule has 1 fully saturated rings. The van der Waals surface area contributed by atoms with Crippen molar-refractivity contribution in [2.75, 3.05) is 10.6 Å². The van der Waals surface area contributed by atoms with E-state index < -0.39 is 0 Å². The van der Waals surface area contributed by atoms with Crippen LogP contribution in [-0.4, -0.2) is 16.8 Å². The molecule has 2 amide bonds. The number of rotatable bonds is 8. The predicted octanol–water partition coefficient (Wildman–Crippen LogP) is 7.36. The van der Waals surface area contributed by atoms with Crippen LogP contribution < -0.4 is 15.4 Å². The Labute approximate surface area is 223 Å². The number of benzene rings is 3. The molecule has 0 bridgehead atoms. The van der Waals surface area contributed by atoms with Crippen LogP contribution in [0, 0.1) is 17.2 Å². The maximum Gasteiger partial charge on any atom is 0.255 e. The molecule has 1 aromatic heterocycles. The third-order valence-electron chi connectivity index (χ3n) is 6.07. The van der Waals surface area contributed by atoms with Gasteiger partial charge in [0.15, 0.2) is 5.13 Å². The number of anilines is 2. The molecule has 0 saturated heterocycles. The van der Waals surface area contributed by atoms with Crippen LogP contribution in [0.4, 0.5) is 10.8 Å². The van der Waals surface area contributed by atoms with Crippen molar-refractivity contribution in [3.63, 3.8) is 0 Å². The number of fused-ring (bicyclic) bond motifs is 1. The smallest absolute Gasteiger partial charge is 0.255 e. The molecule has 4 aromatic rings. The van der Waals surface area contributed by atoms with Gasteiger partial charge in [-0.1, -0.05) is 48.1 Å². The van der Waals surface area contributed by atoms with Crippen LogP contribution in [0.2, 0.25) is 5.02 Å². The number of ether oxygens (including phenoxy) is 1. The molecule has 1 aliphatic carbocycles. The number of nitrogens with zero attached hydrogens (tertiary/aromatic N) is 2. The van der Waals surface area contributed by atoms with Crippen LogP contribution in [0.3, 0.4) is 0 Å². The van der Waals surface area contributed by atoms with E-state index in [9.17, 15) is 14.9 Å². The second kappa shape index (κ2) is 10.6. The number of halogens is 1. The van der Waals surface area contributed by atoms with Gasteiger partial charge in [-0.15, -0.1) is 0 Å². The van der Waals surface area contributed by atoms with E-state index >= 15 is 0 Å². The van der Waals surface area contributed by atoms with Gasteiger partial charge in [0.25, 0.3) is 5.91 Å². The van der Waals surface area contributed by atoms with Gasteiger partial charge in [-0.05, 0) is 61.2 Å². The summed E-state index contributed by atoms with van der Waals surface area (Å²) in [6, 6.07) is 19.9. The molecule has 3 aromatic carbocycles. The van der Waals surface area contributed by atoms with E-state index in [0.717, 1.165) is 23.1 Å². The highest BCUT2D eigenvalue weighted by Crippen LogP contribution is 2.40. The minimum absolute atomic E-state index is 0.00696. The van der Waals surface area contributed by atoms with Crippen LogP contribution >= 0.6 is 22.9 Å². The summed E-state index contributed by atoms with van der Waals surface area (Å²) in [5.74, 6) is 0.481. The Balaban J connectivity index is 1.31. The zero-order valence-corrected chi connectivity index (χ0v) is 21.5. The van der Waals surface area contributed by atoms with Crippen molar-refractivity contribution >= 4 is 55.8 Å². The number of carbonyl (C=O) groups excluding carboxylic acids is 2. The van der Waals surface area contributed by atoms with Crippen molar-refractivity contribution in [1.29, 1.82) is 5.26 Å². The monoisotopic (exact) mass is 530 g/mol. The molecule has 0 aliphatic heterocycles. The average molecular weight is 531 g/mol. The number of nitriles is 1. The summed E-state index contributed by atoms with van der Waals surface area (Å²) in [6.07, 6.45) is 2.51. The summed E-state index contributed by atoms with van der Waals surface area (Å²) in [7, 11) is 0. The first kappa shape index (κ1) is 24.8. The van der Waals surface area contributed by atoms with Crippen LogP contribution in [0.25, 0.3) is 10.2 Å². The minimum atomic E-state index is -0.281. The van der Waals surface area contributed by atoms with Crippen LogP contribution in [0.5, 0.6) is 11.5 Å². The largest absolute Gasteiger partial charge is 0.456 e. The number of hydrogen-bond acceptors (Lipinski definition) is 6. The Kier molecular flexibility index (Phi) is 7.08. The lowest BCUT2D eigenvalue weighted by atomic mass is 9.96. The van der Waals surface area contributed by atoms with Crippen molar-refractivity contribution in [2.24, 2.45) is 5.92 Å². The topological polar surface area (TPSA) is 104 Å². The lowest BCUT2D eigenvalue weighted by Gasteiger charge is -2.11. The second-order valence-corrected chi connectivity index (χ2v) is 10.2. The first-order valence-corrected chi connectivity index (χ1v) is 13.1. The van der Waals surface area contributed by atoms with E-state index in [1.807, 2.05) is 13.0 Å². The zero-order chi connectivity index (χ0) is 25.9. The SMILES string of the molecule is CCC(C#N)c1cccc(C(=O)Nc2cccc(Oc3ccc4nc(NC(=O)C5CC5)sc4c3Cl)c2)c1. The molecule has 1 heterocycles. The minimum Gasteiger partial charge on any atom is -0.456 e. The van der Waals surface area contributed by atoms with E-state index in [0.29, 0.717) is 44.8 Å². The zero-order valence-electron chi connectivity index (χ0n) is 20.0. The van der Waals surface area contributed by atoms with Gasteiger partial charge < -0.3 is 15.4 Å². The molecule has 37 heavy (non-hydrogen) atoms. The summed E-state index contributed by atoms with van der Waals surface area (Å²) in [5.41, 5.74) is 2.53. The summed E-state index contributed by atoms with van der Waals surface area (Å²) >= 11 is 7.93. The Morgan fingerprint density at radius 2 is 1.97 bits per heavy atom. The molecule has 0 spiro atoms. The van der Waals surface area contributed by atoms with Crippen LogP contribution in [-0.2, 0) is 4.79 Å². The fourth-order valence-corrected chi connectivity index (χ4v) is 5.10. The highest BCUT2D eigenvalue weighted by molar-refractivity contribution is 7.23. The molecule has 0 radical (unpaired) electrons. The molecule has 1 unspecified atom stereocenters. The van der Waals surface area contributed by atoms with Crippen LogP contribution in [0.1, 0.15) is 48.0 Å². The molecule has 1 atom stereocenters. The maximum atomic E-state index is 12.9. The van der Waals surface area contributed by atoms with Gasteiger partial charge in [0.05, 0.1) is 22.2 Å². The highest BCUT2D eigenvalue weighted by Gasteiger charge is 2.30. The normalized spacial score (nSPS) is 13.5. The van der Waals surface area contributed by atoms with Crippen LogP contribution in [0.15, 0.2) is 60.7 Å². The summed E-state index contributed by atoms with van der Waals surface area (Å²) in [6.45, 7) is 1.94. The lowest BCUT2D eigenvalue weighted by Crippen LogP contribution is -2.12. The van der Waals surface area contributed by atoms with Gasteiger partial charge in [0.2, 0.25) is 5.91 Å². The number of nitrogens with one attached hydrogen (secondary N) is 2. The third-order valence-corrected chi connectivity index (χ3v) is 7.57. The lowest BCUT2D eigenvalue weighted by molar-refractivity contribution is -0.117. The summed E-state index contributed by atoms with van der Waals surface area (Å²) in [5, 5.41) is 16.0. The molecule has 1 aliphatic rings. The van der Waals surface area contributed by atoms with E-state index in [1.54, 1.807) is 54.6 Å². The Hall–Kier alpha value is -3.93. The number of aromatic nitrogens is 1. The fourth-order valence-electron chi connectivity index (χ4n) is 3.89. The van der Waals surface area contributed by atoms with E-state index in [1.165, 1.54) is 11.3 Å². The first-order valence-electron chi connectivity index (χ1n) is 11.9.